The molecule has 0 radical (unpaired) electrons. The van der Waals surface area contributed by atoms with Gasteiger partial charge in [0, 0.05) is 24.7 Å². The van der Waals surface area contributed by atoms with E-state index in [4.69, 9.17) is 0 Å². The zero-order valence-corrected chi connectivity index (χ0v) is 13.1. The normalized spacial score (nSPS) is 12.0. The van der Waals surface area contributed by atoms with Crippen LogP contribution in [-0.2, 0) is 16.1 Å². The SMILES string of the molecule is O=C(CCn1ccc2ccccc21)N[C@@H](C(=O)O)c1ccccc1. The minimum atomic E-state index is -1.07. The number of aryl methyl sites for hydroxylation is 1. The monoisotopic (exact) mass is 322 g/mol. The van der Waals surface area contributed by atoms with Gasteiger partial charge in [0.1, 0.15) is 0 Å². The molecule has 1 heterocycles. The summed E-state index contributed by atoms with van der Waals surface area (Å²) in [6.07, 6.45) is 2.15. The van der Waals surface area contributed by atoms with Gasteiger partial charge in [0.25, 0.3) is 0 Å². The van der Waals surface area contributed by atoms with Crippen molar-refractivity contribution in [3.05, 3.63) is 72.4 Å². The number of rotatable bonds is 6. The number of aliphatic carboxylic acids is 1. The minimum Gasteiger partial charge on any atom is -0.479 e. The summed E-state index contributed by atoms with van der Waals surface area (Å²) in [5.41, 5.74) is 1.62. The Morgan fingerprint density at radius 2 is 1.71 bits per heavy atom. The lowest BCUT2D eigenvalue weighted by Crippen LogP contribution is -2.34. The second kappa shape index (κ2) is 7.00. The molecule has 2 aromatic carbocycles. The molecule has 3 aromatic rings. The van der Waals surface area contributed by atoms with Crippen LogP contribution in [0.5, 0.6) is 0 Å². The molecule has 3 rings (SSSR count). The average molecular weight is 322 g/mol. The molecule has 0 aliphatic heterocycles. The summed E-state index contributed by atoms with van der Waals surface area (Å²) in [7, 11) is 0. The summed E-state index contributed by atoms with van der Waals surface area (Å²) in [6, 6.07) is 17.6. The number of carboxylic acid groups (broad SMARTS) is 1. The van der Waals surface area contributed by atoms with Crippen molar-refractivity contribution in [1.29, 1.82) is 0 Å². The molecule has 1 aromatic heterocycles. The summed E-state index contributed by atoms with van der Waals surface area (Å²) < 4.78 is 1.99. The molecular formula is C19H18N2O3. The van der Waals surface area contributed by atoms with Crippen molar-refractivity contribution in [2.75, 3.05) is 0 Å². The Bertz CT molecular complexity index is 855. The minimum absolute atomic E-state index is 0.218. The number of amides is 1. The van der Waals surface area contributed by atoms with E-state index < -0.39 is 12.0 Å². The highest BCUT2D eigenvalue weighted by molar-refractivity contribution is 5.85. The predicted octanol–water partition coefficient (Wildman–Crippen LogP) is 2.97. The number of carboxylic acids is 1. The third-order valence-corrected chi connectivity index (χ3v) is 3.95. The Hall–Kier alpha value is -3.08. The number of benzene rings is 2. The van der Waals surface area contributed by atoms with E-state index in [1.54, 1.807) is 30.3 Å². The number of nitrogens with zero attached hydrogens (tertiary/aromatic N) is 1. The number of aromatic nitrogens is 1. The maximum atomic E-state index is 12.2. The van der Waals surface area contributed by atoms with Crippen molar-refractivity contribution in [3.63, 3.8) is 0 Å². The number of hydrogen-bond donors (Lipinski definition) is 2. The Labute approximate surface area is 139 Å². The van der Waals surface area contributed by atoms with Crippen molar-refractivity contribution < 1.29 is 14.7 Å². The molecule has 0 saturated carbocycles. The first-order chi connectivity index (χ1) is 11.6. The number of nitrogens with one attached hydrogen (secondary N) is 1. The average Bonchev–Trinajstić information content (AvgIpc) is 3.01. The van der Waals surface area contributed by atoms with Crippen molar-refractivity contribution in [3.8, 4) is 0 Å². The molecule has 5 nitrogen and oxygen atoms in total. The van der Waals surface area contributed by atoms with Crippen LogP contribution < -0.4 is 5.32 Å². The highest BCUT2D eigenvalue weighted by atomic mass is 16.4. The molecule has 122 valence electrons. The molecular weight excluding hydrogens is 304 g/mol. The maximum absolute atomic E-state index is 12.2. The molecule has 2 N–H and O–H groups in total. The number of para-hydroxylation sites is 1. The van der Waals surface area contributed by atoms with Gasteiger partial charge in [-0.25, -0.2) is 4.79 Å². The van der Waals surface area contributed by atoms with Gasteiger partial charge in [0.05, 0.1) is 0 Å². The molecule has 0 spiro atoms. The largest absolute Gasteiger partial charge is 0.479 e. The first kappa shape index (κ1) is 15.8. The van der Waals surface area contributed by atoms with E-state index in [9.17, 15) is 14.7 Å². The standard InChI is InChI=1S/C19H18N2O3/c22-17(20-18(19(23)24)15-7-2-1-3-8-15)11-13-21-12-10-14-6-4-5-9-16(14)21/h1-10,12,18H,11,13H2,(H,20,22)(H,23,24)/t18-/m1/s1. The van der Waals surface area contributed by atoms with Gasteiger partial charge in [-0.05, 0) is 23.1 Å². The van der Waals surface area contributed by atoms with E-state index in [2.05, 4.69) is 5.32 Å². The Kier molecular flexibility index (Phi) is 4.61. The van der Waals surface area contributed by atoms with Crippen LogP contribution in [-0.4, -0.2) is 21.6 Å². The van der Waals surface area contributed by atoms with Crippen LogP contribution in [0, 0.1) is 0 Å². The summed E-state index contributed by atoms with van der Waals surface area (Å²) in [5, 5.41) is 13.1. The molecule has 0 aliphatic rings. The Morgan fingerprint density at radius 1 is 1.00 bits per heavy atom. The van der Waals surface area contributed by atoms with Gasteiger partial charge in [-0.2, -0.15) is 0 Å². The lowest BCUT2D eigenvalue weighted by Gasteiger charge is -2.15. The molecule has 1 amide bonds. The molecule has 1 atom stereocenters. The van der Waals surface area contributed by atoms with Crippen LogP contribution in [0.15, 0.2) is 66.9 Å². The third kappa shape index (κ3) is 3.46. The van der Waals surface area contributed by atoms with E-state index in [0.29, 0.717) is 12.1 Å². The molecule has 0 saturated heterocycles. The Balaban J connectivity index is 1.65. The highest BCUT2D eigenvalue weighted by Gasteiger charge is 2.21. The number of hydrogen-bond acceptors (Lipinski definition) is 2. The van der Waals surface area contributed by atoms with Crippen LogP contribution in [0.1, 0.15) is 18.0 Å². The first-order valence-electron chi connectivity index (χ1n) is 7.76. The summed E-state index contributed by atoms with van der Waals surface area (Å²) in [4.78, 5) is 23.6. The molecule has 0 unspecified atom stereocenters. The van der Waals surface area contributed by atoms with Crippen LogP contribution >= 0.6 is 0 Å². The molecule has 0 aliphatic carbocycles. The molecule has 24 heavy (non-hydrogen) atoms. The zero-order valence-electron chi connectivity index (χ0n) is 13.1. The smallest absolute Gasteiger partial charge is 0.330 e. The van der Waals surface area contributed by atoms with E-state index in [1.807, 2.05) is 41.1 Å². The highest BCUT2D eigenvalue weighted by Crippen LogP contribution is 2.16. The zero-order chi connectivity index (χ0) is 16.9. The number of fused-ring (bicyclic) bond motifs is 1. The van der Waals surface area contributed by atoms with E-state index >= 15 is 0 Å². The Morgan fingerprint density at radius 3 is 2.46 bits per heavy atom. The fourth-order valence-corrected chi connectivity index (χ4v) is 2.72. The summed E-state index contributed by atoms with van der Waals surface area (Å²) >= 11 is 0. The van der Waals surface area contributed by atoms with Gasteiger partial charge in [-0.15, -0.1) is 0 Å². The lowest BCUT2D eigenvalue weighted by atomic mass is 10.1. The molecule has 0 bridgehead atoms. The number of carbonyl (C=O) groups is 2. The number of carbonyl (C=O) groups excluding carboxylic acids is 1. The summed E-state index contributed by atoms with van der Waals surface area (Å²) in [6.45, 7) is 0.500. The van der Waals surface area contributed by atoms with Crippen molar-refractivity contribution in [2.24, 2.45) is 0 Å². The van der Waals surface area contributed by atoms with Gasteiger partial charge >= 0.3 is 5.97 Å². The van der Waals surface area contributed by atoms with Crippen LogP contribution in [0.4, 0.5) is 0 Å². The fourth-order valence-electron chi connectivity index (χ4n) is 2.72. The quantitative estimate of drug-likeness (QED) is 0.733. The second-order valence-electron chi connectivity index (χ2n) is 5.57. The van der Waals surface area contributed by atoms with Crippen LogP contribution in [0.3, 0.4) is 0 Å². The van der Waals surface area contributed by atoms with Gasteiger partial charge in [-0.1, -0.05) is 48.5 Å². The molecule has 5 heteroatoms. The molecule has 0 fully saturated rings. The first-order valence-corrected chi connectivity index (χ1v) is 7.76. The van der Waals surface area contributed by atoms with Crippen LogP contribution in [0.25, 0.3) is 10.9 Å². The third-order valence-electron chi connectivity index (χ3n) is 3.95. The van der Waals surface area contributed by atoms with Crippen molar-refractivity contribution >= 4 is 22.8 Å². The van der Waals surface area contributed by atoms with Crippen molar-refractivity contribution in [1.82, 2.24) is 9.88 Å². The van der Waals surface area contributed by atoms with Crippen molar-refractivity contribution in [2.45, 2.75) is 19.0 Å². The topological polar surface area (TPSA) is 71.3 Å². The summed E-state index contributed by atoms with van der Waals surface area (Å²) in [5.74, 6) is -1.36. The predicted molar refractivity (Wildman–Crippen MR) is 91.5 cm³/mol. The van der Waals surface area contributed by atoms with Crippen LogP contribution in [0.2, 0.25) is 0 Å². The van der Waals surface area contributed by atoms with Gasteiger partial charge in [0.15, 0.2) is 6.04 Å². The maximum Gasteiger partial charge on any atom is 0.330 e. The second-order valence-corrected chi connectivity index (χ2v) is 5.57. The van der Waals surface area contributed by atoms with Gasteiger partial charge < -0.3 is 15.0 Å². The van der Waals surface area contributed by atoms with Gasteiger partial charge in [0.2, 0.25) is 5.91 Å². The van der Waals surface area contributed by atoms with E-state index in [-0.39, 0.29) is 12.3 Å². The van der Waals surface area contributed by atoms with E-state index in [0.717, 1.165) is 10.9 Å². The van der Waals surface area contributed by atoms with Gasteiger partial charge in [-0.3, -0.25) is 4.79 Å². The fraction of sp³-hybridized carbons (Fsp3) is 0.158. The van der Waals surface area contributed by atoms with E-state index in [1.165, 1.54) is 0 Å². The lowest BCUT2D eigenvalue weighted by molar-refractivity contribution is -0.142.